The molecule has 25 heavy (non-hydrogen) atoms. The summed E-state index contributed by atoms with van der Waals surface area (Å²) in [6, 6.07) is 14.4. The average Bonchev–Trinajstić information content (AvgIpc) is 2.99. The Hall–Kier alpha value is -3.41. The number of ether oxygens (including phenoxy) is 1. The maximum Gasteiger partial charge on any atom is 0.338 e. The number of fused-ring (bicyclic) bond motifs is 3. The summed E-state index contributed by atoms with van der Waals surface area (Å²) in [5, 5.41) is 4.31. The minimum atomic E-state index is -0.397. The highest BCUT2D eigenvalue weighted by molar-refractivity contribution is 6.05. The Balaban J connectivity index is 1.98. The van der Waals surface area contributed by atoms with E-state index in [9.17, 15) is 9.59 Å². The largest absolute Gasteiger partial charge is 0.462 e. The highest BCUT2D eigenvalue weighted by atomic mass is 16.5. The van der Waals surface area contributed by atoms with Crippen LogP contribution in [0.1, 0.15) is 17.3 Å². The normalized spacial score (nSPS) is 11.1. The molecule has 2 aromatic heterocycles. The van der Waals surface area contributed by atoms with Crippen LogP contribution in [0.25, 0.3) is 27.5 Å². The van der Waals surface area contributed by atoms with Crippen LogP contribution in [0.2, 0.25) is 0 Å². The SMILES string of the molecule is CCOC(=O)c1ccc2ncc3c(=O)n(-c4ccccc4)[nH]c3c2c1. The Morgan fingerprint density at radius 2 is 1.96 bits per heavy atom. The Kier molecular flexibility index (Phi) is 3.57. The van der Waals surface area contributed by atoms with E-state index >= 15 is 0 Å². The number of benzene rings is 2. The third-order valence-electron chi connectivity index (χ3n) is 4.05. The molecule has 0 saturated carbocycles. The first-order valence-corrected chi connectivity index (χ1v) is 7.95. The smallest absolute Gasteiger partial charge is 0.338 e. The number of H-pyrrole nitrogens is 1. The summed E-state index contributed by atoms with van der Waals surface area (Å²) in [5.41, 5.74) is 2.32. The molecule has 6 heteroatoms. The maximum atomic E-state index is 12.7. The van der Waals surface area contributed by atoms with Gasteiger partial charge in [-0.2, -0.15) is 0 Å². The molecule has 0 aliphatic heterocycles. The number of nitrogens with one attached hydrogen (secondary N) is 1. The fourth-order valence-electron chi connectivity index (χ4n) is 2.86. The third-order valence-corrected chi connectivity index (χ3v) is 4.05. The number of carbonyl (C=O) groups excluding carboxylic acids is 1. The molecule has 0 unspecified atom stereocenters. The highest BCUT2D eigenvalue weighted by Crippen LogP contribution is 2.22. The third kappa shape index (κ3) is 2.48. The minimum Gasteiger partial charge on any atom is -0.462 e. The van der Waals surface area contributed by atoms with Gasteiger partial charge in [0.1, 0.15) is 0 Å². The lowest BCUT2D eigenvalue weighted by Gasteiger charge is -2.04. The lowest BCUT2D eigenvalue weighted by molar-refractivity contribution is 0.0526. The summed E-state index contributed by atoms with van der Waals surface area (Å²) in [5.74, 6) is -0.397. The number of esters is 1. The first-order valence-electron chi connectivity index (χ1n) is 7.95. The molecular formula is C19H15N3O3. The topological polar surface area (TPSA) is 77.0 Å². The van der Waals surface area contributed by atoms with Crippen LogP contribution in [-0.2, 0) is 4.74 Å². The lowest BCUT2D eigenvalue weighted by atomic mass is 10.1. The first kappa shape index (κ1) is 15.1. The second kappa shape index (κ2) is 5.90. The number of pyridine rings is 1. The molecule has 4 aromatic rings. The zero-order chi connectivity index (χ0) is 17.4. The van der Waals surface area contributed by atoms with Crippen molar-refractivity contribution in [2.24, 2.45) is 0 Å². The van der Waals surface area contributed by atoms with E-state index in [4.69, 9.17) is 4.74 Å². The van der Waals surface area contributed by atoms with Gasteiger partial charge in [0, 0.05) is 11.6 Å². The van der Waals surface area contributed by atoms with Crippen LogP contribution in [0.15, 0.2) is 59.5 Å². The highest BCUT2D eigenvalue weighted by Gasteiger charge is 2.14. The van der Waals surface area contributed by atoms with E-state index in [1.54, 1.807) is 31.3 Å². The van der Waals surface area contributed by atoms with Gasteiger partial charge in [0.25, 0.3) is 5.56 Å². The van der Waals surface area contributed by atoms with Crippen molar-refractivity contribution in [3.8, 4) is 5.69 Å². The van der Waals surface area contributed by atoms with Gasteiger partial charge >= 0.3 is 5.97 Å². The van der Waals surface area contributed by atoms with Gasteiger partial charge in [0.15, 0.2) is 0 Å². The van der Waals surface area contributed by atoms with Crippen LogP contribution in [0, 0.1) is 0 Å². The fourth-order valence-corrected chi connectivity index (χ4v) is 2.86. The lowest BCUT2D eigenvalue weighted by Crippen LogP contribution is -2.13. The molecule has 0 bridgehead atoms. The zero-order valence-electron chi connectivity index (χ0n) is 13.5. The Bertz CT molecular complexity index is 1140. The second-order valence-corrected chi connectivity index (χ2v) is 5.59. The number of carbonyl (C=O) groups is 1. The summed E-state index contributed by atoms with van der Waals surface area (Å²) in [6.07, 6.45) is 1.56. The molecule has 2 heterocycles. The quantitative estimate of drug-likeness (QED) is 0.585. The number of aromatic amines is 1. The number of rotatable bonds is 3. The predicted molar refractivity (Wildman–Crippen MR) is 95.2 cm³/mol. The van der Waals surface area contributed by atoms with E-state index in [0.29, 0.717) is 34.0 Å². The number of aromatic nitrogens is 3. The average molecular weight is 333 g/mol. The predicted octanol–water partition coefficient (Wildman–Crippen LogP) is 3.04. The van der Waals surface area contributed by atoms with Gasteiger partial charge in [-0.25, -0.2) is 9.48 Å². The number of hydrogen-bond acceptors (Lipinski definition) is 4. The Morgan fingerprint density at radius 1 is 1.16 bits per heavy atom. The van der Waals surface area contributed by atoms with Gasteiger partial charge in [-0.05, 0) is 37.3 Å². The van der Waals surface area contributed by atoms with E-state index in [-0.39, 0.29) is 5.56 Å². The summed E-state index contributed by atoms with van der Waals surface area (Å²) in [4.78, 5) is 29.0. The van der Waals surface area contributed by atoms with Gasteiger partial charge in [-0.3, -0.25) is 14.9 Å². The van der Waals surface area contributed by atoms with Gasteiger partial charge in [0.2, 0.25) is 0 Å². The van der Waals surface area contributed by atoms with Gasteiger partial charge in [-0.15, -0.1) is 0 Å². The van der Waals surface area contributed by atoms with Crippen molar-refractivity contribution in [2.45, 2.75) is 6.92 Å². The molecule has 0 radical (unpaired) electrons. The monoisotopic (exact) mass is 333 g/mol. The summed E-state index contributed by atoms with van der Waals surface area (Å²) < 4.78 is 6.53. The number of hydrogen-bond donors (Lipinski definition) is 1. The van der Waals surface area contributed by atoms with Crippen LogP contribution >= 0.6 is 0 Å². The van der Waals surface area contributed by atoms with E-state index in [0.717, 1.165) is 5.69 Å². The molecule has 0 saturated heterocycles. The van der Waals surface area contributed by atoms with Gasteiger partial charge < -0.3 is 4.74 Å². The Morgan fingerprint density at radius 3 is 2.72 bits per heavy atom. The van der Waals surface area contributed by atoms with Crippen LogP contribution in [0.5, 0.6) is 0 Å². The molecule has 0 aliphatic carbocycles. The number of nitrogens with zero attached hydrogens (tertiary/aromatic N) is 2. The molecular weight excluding hydrogens is 318 g/mol. The van der Waals surface area contributed by atoms with Crippen molar-refractivity contribution in [2.75, 3.05) is 6.61 Å². The van der Waals surface area contributed by atoms with E-state index < -0.39 is 5.97 Å². The van der Waals surface area contributed by atoms with Crippen molar-refractivity contribution in [1.29, 1.82) is 0 Å². The first-order chi connectivity index (χ1) is 12.2. The molecule has 0 fully saturated rings. The van der Waals surface area contributed by atoms with Crippen LogP contribution in [-0.4, -0.2) is 27.3 Å². The van der Waals surface area contributed by atoms with Crippen molar-refractivity contribution >= 4 is 27.8 Å². The summed E-state index contributed by atoms with van der Waals surface area (Å²) >= 11 is 0. The fraction of sp³-hybridized carbons (Fsp3) is 0.105. The van der Waals surface area contributed by atoms with Crippen molar-refractivity contribution in [3.63, 3.8) is 0 Å². The standard InChI is InChI=1S/C19H15N3O3/c1-2-25-19(24)12-8-9-16-14(10-12)17-15(11-20-16)18(23)22(21-17)13-6-4-3-5-7-13/h3-11,21H,2H2,1H3. The maximum absolute atomic E-state index is 12.7. The van der Waals surface area contributed by atoms with Crippen molar-refractivity contribution in [1.82, 2.24) is 14.8 Å². The molecule has 0 spiro atoms. The molecule has 0 aliphatic rings. The van der Waals surface area contributed by atoms with E-state index in [2.05, 4.69) is 10.1 Å². The van der Waals surface area contributed by atoms with Gasteiger partial charge in [-0.1, -0.05) is 18.2 Å². The van der Waals surface area contributed by atoms with Crippen LogP contribution in [0.3, 0.4) is 0 Å². The molecule has 0 amide bonds. The molecule has 2 aromatic carbocycles. The molecule has 4 rings (SSSR count). The molecule has 0 atom stereocenters. The molecule has 124 valence electrons. The van der Waals surface area contributed by atoms with Crippen molar-refractivity contribution in [3.05, 3.63) is 70.6 Å². The Labute approximate surface area is 142 Å². The zero-order valence-corrected chi connectivity index (χ0v) is 13.5. The molecule has 1 N–H and O–H groups in total. The summed E-state index contributed by atoms with van der Waals surface area (Å²) in [6.45, 7) is 2.07. The van der Waals surface area contributed by atoms with Crippen LogP contribution in [0.4, 0.5) is 0 Å². The van der Waals surface area contributed by atoms with Gasteiger partial charge in [0.05, 0.1) is 34.3 Å². The minimum absolute atomic E-state index is 0.183. The summed E-state index contributed by atoms with van der Waals surface area (Å²) in [7, 11) is 0. The second-order valence-electron chi connectivity index (χ2n) is 5.59. The van der Waals surface area contributed by atoms with E-state index in [1.807, 2.05) is 30.3 Å². The number of para-hydroxylation sites is 1. The van der Waals surface area contributed by atoms with Crippen molar-refractivity contribution < 1.29 is 9.53 Å². The molecule has 6 nitrogen and oxygen atoms in total. The van der Waals surface area contributed by atoms with Crippen LogP contribution < -0.4 is 5.56 Å². The van der Waals surface area contributed by atoms with E-state index in [1.165, 1.54) is 4.68 Å².